The van der Waals surface area contributed by atoms with Crippen LogP contribution < -0.4 is 10.6 Å². The molecule has 0 spiro atoms. The molecule has 0 aliphatic heterocycles. The number of nitrogens with zero attached hydrogens (tertiary/aromatic N) is 1. The molecule has 112 valence electrons. The zero-order valence-electron chi connectivity index (χ0n) is 12.2. The molecule has 0 aliphatic rings. The molecule has 0 fully saturated rings. The van der Waals surface area contributed by atoms with Gasteiger partial charge < -0.3 is 10.4 Å². The van der Waals surface area contributed by atoms with Crippen LogP contribution in [0.1, 0.15) is 46.2 Å². The number of amides is 2. The second-order valence-corrected chi connectivity index (χ2v) is 6.42. The smallest absolute Gasteiger partial charge is 0.326 e. The molecule has 1 atom stereocenters. The Kier molecular flexibility index (Phi) is 5.50. The Hall–Kier alpha value is -1.63. The predicted molar refractivity (Wildman–Crippen MR) is 79.3 cm³/mol. The first kappa shape index (κ1) is 16.4. The average molecular weight is 299 g/mol. The van der Waals surface area contributed by atoms with E-state index in [2.05, 4.69) is 15.6 Å². The lowest BCUT2D eigenvalue weighted by Crippen LogP contribution is -2.42. The summed E-state index contributed by atoms with van der Waals surface area (Å²) in [5.74, 6) is -1.03. The van der Waals surface area contributed by atoms with Crippen LogP contribution in [0.15, 0.2) is 5.38 Å². The maximum absolute atomic E-state index is 11.7. The maximum Gasteiger partial charge on any atom is 0.326 e. The number of nitrogens with one attached hydrogen (secondary N) is 2. The number of carboxylic acids is 1. The SMILES string of the molecule is CCCC(NC(=O)Nc1nc(C(C)(C)C)cs1)C(=O)O. The highest BCUT2D eigenvalue weighted by Gasteiger charge is 2.21. The number of thiazole rings is 1. The van der Waals surface area contributed by atoms with Gasteiger partial charge in [0.05, 0.1) is 5.69 Å². The van der Waals surface area contributed by atoms with Crippen LogP contribution in [-0.2, 0) is 10.2 Å². The molecule has 0 bridgehead atoms. The Labute approximate surface area is 122 Å². The largest absolute Gasteiger partial charge is 0.480 e. The fourth-order valence-electron chi connectivity index (χ4n) is 1.51. The first-order valence-corrected chi connectivity index (χ1v) is 7.38. The molecule has 1 unspecified atom stereocenters. The molecule has 0 saturated heterocycles. The molecule has 1 aromatic rings. The summed E-state index contributed by atoms with van der Waals surface area (Å²) in [5.41, 5.74) is 0.805. The molecule has 0 aromatic carbocycles. The van der Waals surface area contributed by atoms with Gasteiger partial charge in [-0.05, 0) is 6.42 Å². The molecule has 2 amide bonds. The fourth-order valence-corrected chi connectivity index (χ4v) is 2.45. The van der Waals surface area contributed by atoms with Crippen molar-refractivity contribution in [1.29, 1.82) is 0 Å². The van der Waals surface area contributed by atoms with E-state index in [1.807, 2.05) is 33.1 Å². The number of carboxylic acid groups (broad SMARTS) is 1. The Balaban J connectivity index is 2.62. The van der Waals surface area contributed by atoms with Gasteiger partial charge in [-0.25, -0.2) is 14.6 Å². The number of carbonyl (C=O) groups is 2. The molecule has 1 aromatic heterocycles. The van der Waals surface area contributed by atoms with Crippen molar-refractivity contribution in [3.63, 3.8) is 0 Å². The minimum Gasteiger partial charge on any atom is -0.480 e. The summed E-state index contributed by atoms with van der Waals surface area (Å²) >= 11 is 1.32. The molecule has 0 saturated carbocycles. The minimum absolute atomic E-state index is 0.0846. The van der Waals surface area contributed by atoms with Gasteiger partial charge in [-0.1, -0.05) is 34.1 Å². The van der Waals surface area contributed by atoms with Crippen molar-refractivity contribution < 1.29 is 14.7 Å². The third-order valence-corrected chi connectivity index (χ3v) is 3.43. The summed E-state index contributed by atoms with van der Waals surface area (Å²) < 4.78 is 0. The van der Waals surface area contributed by atoms with Gasteiger partial charge in [0.2, 0.25) is 0 Å². The molecule has 0 radical (unpaired) electrons. The van der Waals surface area contributed by atoms with Crippen LogP contribution in [0.2, 0.25) is 0 Å². The second kappa shape index (κ2) is 6.69. The zero-order valence-corrected chi connectivity index (χ0v) is 13.0. The van der Waals surface area contributed by atoms with Crippen LogP contribution in [0, 0.1) is 0 Å². The highest BCUT2D eigenvalue weighted by molar-refractivity contribution is 7.13. The predicted octanol–water partition coefficient (Wildman–Crippen LogP) is 2.82. The van der Waals surface area contributed by atoms with Gasteiger partial charge in [0.15, 0.2) is 5.13 Å². The van der Waals surface area contributed by atoms with Gasteiger partial charge in [-0.2, -0.15) is 0 Å². The van der Waals surface area contributed by atoms with E-state index in [9.17, 15) is 9.59 Å². The molecular formula is C13H21N3O3S. The standard InChI is InChI=1S/C13H21N3O3S/c1-5-6-8(10(17)18)14-11(19)16-12-15-9(7-20-12)13(2,3)4/h7-8H,5-6H2,1-4H3,(H,17,18)(H2,14,15,16,19). The van der Waals surface area contributed by atoms with Crippen LogP contribution in [0.3, 0.4) is 0 Å². The number of hydrogen-bond acceptors (Lipinski definition) is 4. The Morgan fingerprint density at radius 3 is 2.55 bits per heavy atom. The first-order chi connectivity index (χ1) is 9.24. The number of rotatable bonds is 5. The monoisotopic (exact) mass is 299 g/mol. The van der Waals surface area contributed by atoms with Gasteiger partial charge in [0, 0.05) is 10.8 Å². The van der Waals surface area contributed by atoms with E-state index in [4.69, 9.17) is 5.11 Å². The van der Waals surface area contributed by atoms with Crippen molar-refractivity contribution in [2.45, 2.75) is 52.0 Å². The average Bonchev–Trinajstić information content (AvgIpc) is 2.76. The molecule has 3 N–H and O–H groups in total. The third-order valence-electron chi connectivity index (χ3n) is 2.67. The highest BCUT2D eigenvalue weighted by Crippen LogP contribution is 2.26. The normalized spacial score (nSPS) is 12.8. The number of aliphatic carboxylic acids is 1. The summed E-state index contributed by atoms with van der Waals surface area (Å²) in [6.45, 7) is 7.97. The van der Waals surface area contributed by atoms with Crippen LogP contribution in [0.25, 0.3) is 0 Å². The molecule has 0 aliphatic carbocycles. The molecule has 1 heterocycles. The Morgan fingerprint density at radius 2 is 2.10 bits per heavy atom. The van der Waals surface area contributed by atoms with Crippen molar-refractivity contribution in [2.24, 2.45) is 0 Å². The number of aromatic nitrogens is 1. The van der Waals surface area contributed by atoms with Gasteiger partial charge in [0.1, 0.15) is 6.04 Å². The summed E-state index contributed by atoms with van der Waals surface area (Å²) in [4.78, 5) is 27.0. The summed E-state index contributed by atoms with van der Waals surface area (Å²) in [7, 11) is 0. The molecule has 1 rings (SSSR count). The van der Waals surface area contributed by atoms with Crippen molar-refractivity contribution in [1.82, 2.24) is 10.3 Å². The zero-order chi connectivity index (χ0) is 15.3. The maximum atomic E-state index is 11.7. The molecule has 7 heteroatoms. The van der Waals surface area contributed by atoms with Crippen LogP contribution in [-0.4, -0.2) is 28.1 Å². The fraction of sp³-hybridized carbons (Fsp3) is 0.615. The lowest BCUT2D eigenvalue weighted by Gasteiger charge is -2.15. The lowest BCUT2D eigenvalue weighted by molar-refractivity contribution is -0.139. The molecular weight excluding hydrogens is 278 g/mol. The van der Waals surface area contributed by atoms with Crippen LogP contribution in [0.4, 0.5) is 9.93 Å². The van der Waals surface area contributed by atoms with Crippen molar-refractivity contribution >= 4 is 28.5 Å². The molecule has 6 nitrogen and oxygen atoms in total. The van der Waals surface area contributed by atoms with Crippen LogP contribution in [0.5, 0.6) is 0 Å². The number of anilines is 1. The van der Waals surface area contributed by atoms with E-state index in [0.29, 0.717) is 18.0 Å². The summed E-state index contributed by atoms with van der Waals surface area (Å²) in [5, 5.41) is 16.3. The van der Waals surface area contributed by atoms with Gasteiger partial charge >= 0.3 is 12.0 Å². The van der Waals surface area contributed by atoms with E-state index < -0.39 is 18.0 Å². The van der Waals surface area contributed by atoms with Crippen LogP contribution >= 0.6 is 11.3 Å². The highest BCUT2D eigenvalue weighted by atomic mass is 32.1. The van der Waals surface area contributed by atoms with Crippen molar-refractivity contribution in [2.75, 3.05) is 5.32 Å². The van der Waals surface area contributed by atoms with Crippen molar-refractivity contribution in [3.8, 4) is 0 Å². The van der Waals surface area contributed by atoms with E-state index in [0.717, 1.165) is 5.69 Å². The van der Waals surface area contributed by atoms with Gasteiger partial charge in [-0.3, -0.25) is 5.32 Å². The van der Waals surface area contributed by atoms with E-state index in [1.54, 1.807) is 0 Å². The van der Waals surface area contributed by atoms with E-state index in [-0.39, 0.29) is 5.41 Å². The van der Waals surface area contributed by atoms with Gasteiger partial charge in [0.25, 0.3) is 0 Å². The molecule has 20 heavy (non-hydrogen) atoms. The van der Waals surface area contributed by atoms with E-state index in [1.165, 1.54) is 11.3 Å². The minimum atomic E-state index is -1.03. The Bertz CT molecular complexity index is 479. The van der Waals surface area contributed by atoms with Crippen molar-refractivity contribution in [3.05, 3.63) is 11.1 Å². The second-order valence-electron chi connectivity index (χ2n) is 5.57. The third kappa shape index (κ3) is 4.80. The number of carbonyl (C=O) groups excluding carboxylic acids is 1. The van der Waals surface area contributed by atoms with Gasteiger partial charge in [-0.15, -0.1) is 11.3 Å². The number of hydrogen-bond donors (Lipinski definition) is 3. The summed E-state index contributed by atoms with van der Waals surface area (Å²) in [6.07, 6.45) is 1.08. The Morgan fingerprint density at radius 1 is 1.45 bits per heavy atom. The summed E-state index contributed by atoms with van der Waals surface area (Å²) in [6, 6.07) is -1.41. The number of urea groups is 1. The quantitative estimate of drug-likeness (QED) is 0.779. The lowest BCUT2D eigenvalue weighted by atomic mass is 9.93. The van der Waals surface area contributed by atoms with E-state index >= 15 is 0 Å². The topological polar surface area (TPSA) is 91.3 Å². The first-order valence-electron chi connectivity index (χ1n) is 6.50.